The first-order valence-corrected chi connectivity index (χ1v) is 6.17. The molecule has 0 aromatic heterocycles. The number of nitrogens with one attached hydrogen (secondary N) is 1. The molecule has 18 heavy (non-hydrogen) atoms. The molecule has 0 saturated heterocycles. The van der Waals surface area contributed by atoms with Crippen molar-refractivity contribution < 1.29 is 14.2 Å². The van der Waals surface area contributed by atoms with Crippen LogP contribution in [-0.2, 0) is 0 Å². The molecule has 0 aliphatic carbocycles. The van der Waals surface area contributed by atoms with Crippen LogP contribution < -0.4 is 10.1 Å². The Kier molecular flexibility index (Phi) is 5.38. The second kappa shape index (κ2) is 6.36. The molecule has 0 radical (unpaired) electrons. The Morgan fingerprint density at radius 1 is 1.44 bits per heavy atom. The fourth-order valence-electron chi connectivity index (χ4n) is 1.26. The number of β-amino-alcohol motifs (C(OH)–C–C–N with tert-alkyl or cyclic N) is 1. The lowest BCUT2D eigenvalue weighted by molar-refractivity contribution is 0.0980. The van der Waals surface area contributed by atoms with Gasteiger partial charge in [-0.1, -0.05) is 17.7 Å². The van der Waals surface area contributed by atoms with Crippen molar-refractivity contribution in [3.8, 4) is 5.75 Å². The summed E-state index contributed by atoms with van der Waals surface area (Å²) in [5, 5.41) is 12.8. The standard InChI is InChI=1S/C13H19ClFNO2/c1-13(2,3)16-7-9(17)8-18-11-6-4-5-10(14)12(11)15/h4-6,9,16-17H,7-8H2,1-3H3. The summed E-state index contributed by atoms with van der Waals surface area (Å²) in [7, 11) is 0. The summed E-state index contributed by atoms with van der Waals surface area (Å²) in [6.45, 7) is 6.39. The van der Waals surface area contributed by atoms with Crippen molar-refractivity contribution >= 4 is 11.6 Å². The number of halogens is 2. The summed E-state index contributed by atoms with van der Waals surface area (Å²) < 4.78 is 18.7. The minimum absolute atomic E-state index is 0.00908. The monoisotopic (exact) mass is 275 g/mol. The van der Waals surface area contributed by atoms with Gasteiger partial charge in [-0.3, -0.25) is 0 Å². The maximum atomic E-state index is 13.5. The number of ether oxygens (including phenoxy) is 1. The van der Waals surface area contributed by atoms with Crippen LogP contribution in [-0.4, -0.2) is 29.9 Å². The molecule has 2 N–H and O–H groups in total. The van der Waals surface area contributed by atoms with E-state index < -0.39 is 11.9 Å². The topological polar surface area (TPSA) is 41.5 Å². The molecule has 1 atom stereocenters. The minimum Gasteiger partial charge on any atom is -0.488 e. The van der Waals surface area contributed by atoms with Crippen LogP contribution in [0.1, 0.15) is 20.8 Å². The lowest BCUT2D eigenvalue weighted by Gasteiger charge is -2.23. The molecular weight excluding hydrogens is 257 g/mol. The minimum atomic E-state index is -0.706. The Balaban J connectivity index is 2.43. The fourth-order valence-corrected chi connectivity index (χ4v) is 1.43. The van der Waals surface area contributed by atoms with Gasteiger partial charge in [0.25, 0.3) is 0 Å². The van der Waals surface area contributed by atoms with Gasteiger partial charge in [-0.05, 0) is 32.9 Å². The van der Waals surface area contributed by atoms with E-state index in [1.807, 2.05) is 20.8 Å². The van der Waals surface area contributed by atoms with Crippen molar-refractivity contribution in [1.29, 1.82) is 0 Å². The van der Waals surface area contributed by atoms with Crippen LogP contribution in [0.3, 0.4) is 0 Å². The highest BCUT2D eigenvalue weighted by atomic mass is 35.5. The molecule has 0 amide bonds. The number of hydrogen-bond donors (Lipinski definition) is 2. The lowest BCUT2D eigenvalue weighted by atomic mass is 10.1. The van der Waals surface area contributed by atoms with Crippen LogP contribution in [0.4, 0.5) is 4.39 Å². The molecule has 0 aliphatic heterocycles. The van der Waals surface area contributed by atoms with Crippen molar-refractivity contribution in [2.45, 2.75) is 32.4 Å². The molecule has 1 rings (SSSR count). The van der Waals surface area contributed by atoms with Crippen LogP contribution in [0.15, 0.2) is 18.2 Å². The first kappa shape index (κ1) is 15.2. The van der Waals surface area contributed by atoms with Crippen LogP contribution >= 0.6 is 11.6 Å². The van der Waals surface area contributed by atoms with Crippen LogP contribution in [0.25, 0.3) is 0 Å². The predicted molar refractivity (Wildman–Crippen MR) is 70.7 cm³/mol. The summed E-state index contributed by atoms with van der Waals surface area (Å²) in [4.78, 5) is 0. The molecule has 1 aromatic carbocycles. The van der Waals surface area contributed by atoms with Crippen LogP contribution in [0.2, 0.25) is 5.02 Å². The number of benzene rings is 1. The number of aliphatic hydroxyl groups excluding tert-OH is 1. The van der Waals surface area contributed by atoms with Gasteiger partial charge >= 0.3 is 0 Å². The van der Waals surface area contributed by atoms with Gasteiger partial charge in [-0.25, -0.2) is 4.39 Å². The highest BCUT2D eigenvalue weighted by Gasteiger charge is 2.14. The Bertz CT molecular complexity index is 393. The van der Waals surface area contributed by atoms with Gasteiger partial charge < -0.3 is 15.2 Å². The van der Waals surface area contributed by atoms with Gasteiger partial charge in [0.05, 0.1) is 5.02 Å². The molecule has 5 heteroatoms. The maximum Gasteiger partial charge on any atom is 0.183 e. The first-order chi connectivity index (χ1) is 8.29. The van der Waals surface area contributed by atoms with E-state index in [1.54, 1.807) is 6.07 Å². The summed E-state index contributed by atoms with van der Waals surface area (Å²) in [6.07, 6.45) is -0.706. The molecule has 0 aliphatic rings. The van der Waals surface area contributed by atoms with Crippen LogP contribution in [0.5, 0.6) is 5.75 Å². The molecular formula is C13H19ClFNO2. The van der Waals surface area contributed by atoms with Crippen molar-refractivity contribution in [3.05, 3.63) is 29.0 Å². The number of aliphatic hydroxyl groups is 1. The Hall–Kier alpha value is -0.840. The fraction of sp³-hybridized carbons (Fsp3) is 0.538. The van der Waals surface area contributed by atoms with Crippen molar-refractivity contribution in [2.24, 2.45) is 0 Å². The van der Waals surface area contributed by atoms with E-state index in [9.17, 15) is 9.50 Å². The zero-order chi connectivity index (χ0) is 13.8. The molecule has 1 aromatic rings. The zero-order valence-electron chi connectivity index (χ0n) is 10.8. The average Bonchev–Trinajstić information content (AvgIpc) is 2.27. The lowest BCUT2D eigenvalue weighted by Crippen LogP contribution is -2.42. The third-order valence-corrected chi connectivity index (χ3v) is 2.51. The smallest absolute Gasteiger partial charge is 0.183 e. The van der Waals surface area contributed by atoms with E-state index in [1.165, 1.54) is 12.1 Å². The maximum absolute atomic E-state index is 13.5. The van der Waals surface area contributed by atoms with Crippen molar-refractivity contribution in [3.63, 3.8) is 0 Å². The molecule has 1 unspecified atom stereocenters. The highest BCUT2D eigenvalue weighted by molar-refractivity contribution is 6.30. The van der Waals surface area contributed by atoms with E-state index in [0.29, 0.717) is 6.54 Å². The number of hydrogen-bond acceptors (Lipinski definition) is 3. The van der Waals surface area contributed by atoms with E-state index in [0.717, 1.165) is 0 Å². The number of rotatable bonds is 5. The molecule has 0 spiro atoms. The van der Waals surface area contributed by atoms with Gasteiger partial charge in [0.2, 0.25) is 0 Å². The molecule has 0 bridgehead atoms. The SMILES string of the molecule is CC(C)(C)NCC(O)COc1cccc(Cl)c1F. The quantitative estimate of drug-likeness (QED) is 0.868. The predicted octanol–water partition coefficient (Wildman–Crippen LogP) is 2.61. The molecule has 3 nitrogen and oxygen atoms in total. The van der Waals surface area contributed by atoms with Crippen LogP contribution in [0, 0.1) is 5.82 Å². The zero-order valence-corrected chi connectivity index (χ0v) is 11.6. The first-order valence-electron chi connectivity index (χ1n) is 5.79. The van der Waals surface area contributed by atoms with Gasteiger partial charge in [0, 0.05) is 12.1 Å². The van der Waals surface area contributed by atoms with Crippen molar-refractivity contribution in [2.75, 3.05) is 13.2 Å². The summed E-state index contributed by atoms with van der Waals surface area (Å²) in [5.74, 6) is -0.549. The normalized spacial score (nSPS) is 13.4. The van der Waals surface area contributed by atoms with E-state index in [4.69, 9.17) is 16.3 Å². The Labute approximate surface area is 112 Å². The third kappa shape index (κ3) is 5.21. The van der Waals surface area contributed by atoms with Crippen molar-refractivity contribution in [1.82, 2.24) is 5.32 Å². The Morgan fingerprint density at radius 3 is 2.72 bits per heavy atom. The second-order valence-corrected chi connectivity index (χ2v) is 5.55. The summed E-state index contributed by atoms with van der Waals surface area (Å²) in [5.41, 5.74) is -0.0811. The molecule has 0 fully saturated rings. The average molecular weight is 276 g/mol. The van der Waals surface area contributed by atoms with Gasteiger partial charge in [-0.15, -0.1) is 0 Å². The summed E-state index contributed by atoms with van der Waals surface area (Å²) >= 11 is 5.62. The molecule has 0 heterocycles. The van der Waals surface area contributed by atoms with E-state index in [-0.39, 0.29) is 22.9 Å². The second-order valence-electron chi connectivity index (χ2n) is 5.15. The van der Waals surface area contributed by atoms with E-state index in [2.05, 4.69) is 5.32 Å². The third-order valence-electron chi connectivity index (χ3n) is 2.22. The van der Waals surface area contributed by atoms with Gasteiger partial charge in [0.15, 0.2) is 11.6 Å². The molecule has 102 valence electrons. The highest BCUT2D eigenvalue weighted by Crippen LogP contribution is 2.23. The molecule has 0 saturated carbocycles. The summed E-state index contributed by atoms with van der Waals surface area (Å²) in [6, 6.07) is 4.52. The van der Waals surface area contributed by atoms with E-state index >= 15 is 0 Å². The Morgan fingerprint density at radius 2 is 2.11 bits per heavy atom. The largest absolute Gasteiger partial charge is 0.488 e. The van der Waals surface area contributed by atoms with Gasteiger partial charge in [-0.2, -0.15) is 0 Å². The van der Waals surface area contributed by atoms with Gasteiger partial charge in [0.1, 0.15) is 12.7 Å².